The average Bonchev–Trinajstić information content (AvgIpc) is 3.16. The molecule has 0 saturated heterocycles. The number of carbonyl (C=O) groups is 1. The summed E-state index contributed by atoms with van der Waals surface area (Å²) >= 11 is 0. The zero-order valence-corrected chi connectivity index (χ0v) is 16.4. The van der Waals surface area contributed by atoms with Gasteiger partial charge in [0.2, 0.25) is 11.7 Å². The lowest BCUT2D eigenvalue weighted by atomic mass is 10.1. The first kappa shape index (κ1) is 19.4. The predicted molar refractivity (Wildman–Crippen MR) is 104 cm³/mol. The molecule has 1 amide bonds. The number of nitrogens with zero attached hydrogens (tertiary/aromatic N) is 3. The number of aryl methyl sites for hydroxylation is 1. The number of benzene rings is 2. The normalized spacial score (nSPS) is 11.7. The second-order valence-corrected chi connectivity index (χ2v) is 6.51. The fourth-order valence-electron chi connectivity index (χ4n) is 2.72. The van der Waals surface area contributed by atoms with Crippen LogP contribution in [0.2, 0.25) is 0 Å². The summed E-state index contributed by atoms with van der Waals surface area (Å²) in [5.41, 5.74) is 1.99. The van der Waals surface area contributed by atoms with Crippen LogP contribution >= 0.6 is 0 Å². The number of aromatic nitrogens is 2. The maximum Gasteiger partial charge on any atom is 0.263 e. The van der Waals surface area contributed by atoms with Crippen molar-refractivity contribution in [1.82, 2.24) is 15.0 Å². The molecular formula is C21H23N3O4. The summed E-state index contributed by atoms with van der Waals surface area (Å²) in [4.78, 5) is 18.5. The first-order valence-corrected chi connectivity index (χ1v) is 8.91. The maximum atomic E-state index is 12.6. The number of rotatable bonds is 7. The van der Waals surface area contributed by atoms with Gasteiger partial charge >= 0.3 is 0 Å². The van der Waals surface area contributed by atoms with Gasteiger partial charge in [0.25, 0.3) is 5.91 Å². The molecule has 1 heterocycles. The molecule has 146 valence electrons. The first-order valence-electron chi connectivity index (χ1n) is 8.91. The lowest BCUT2D eigenvalue weighted by Gasteiger charge is -2.20. The Bertz CT molecular complexity index is 937. The third-order valence-electron chi connectivity index (χ3n) is 4.21. The number of likely N-dealkylation sites (N-methyl/N-ethyl adjacent to an activating group) is 1. The van der Waals surface area contributed by atoms with E-state index in [-0.39, 0.29) is 12.5 Å². The van der Waals surface area contributed by atoms with E-state index in [1.54, 1.807) is 45.3 Å². The third-order valence-corrected chi connectivity index (χ3v) is 4.21. The molecule has 3 rings (SSSR count). The van der Waals surface area contributed by atoms with Crippen molar-refractivity contribution < 1.29 is 18.8 Å². The van der Waals surface area contributed by atoms with Gasteiger partial charge in [0.15, 0.2) is 6.10 Å². The number of hydrogen-bond acceptors (Lipinski definition) is 6. The van der Waals surface area contributed by atoms with Crippen LogP contribution in [-0.4, -0.2) is 41.2 Å². The second-order valence-electron chi connectivity index (χ2n) is 6.51. The Morgan fingerprint density at radius 3 is 2.57 bits per heavy atom. The van der Waals surface area contributed by atoms with Crippen molar-refractivity contribution in [3.63, 3.8) is 0 Å². The molecule has 0 saturated carbocycles. The van der Waals surface area contributed by atoms with Crippen LogP contribution < -0.4 is 9.47 Å². The predicted octanol–water partition coefficient (Wildman–Crippen LogP) is 3.48. The largest absolute Gasteiger partial charge is 0.497 e. The molecule has 0 aliphatic heterocycles. The third kappa shape index (κ3) is 4.68. The van der Waals surface area contributed by atoms with Crippen LogP contribution in [0.15, 0.2) is 53.1 Å². The summed E-state index contributed by atoms with van der Waals surface area (Å²) < 4.78 is 16.1. The molecule has 0 spiro atoms. The Labute approximate surface area is 163 Å². The van der Waals surface area contributed by atoms with Crippen molar-refractivity contribution in [2.24, 2.45) is 0 Å². The van der Waals surface area contributed by atoms with Gasteiger partial charge in [0.1, 0.15) is 11.5 Å². The highest BCUT2D eigenvalue weighted by atomic mass is 16.5. The van der Waals surface area contributed by atoms with E-state index in [0.29, 0.717) is 17.5 Å². The van der Waals surface area contributed by atoms with Crippen molar-refractivity contribution in [3.05, 3.63) is 60.0 Å². The van der Waals surface area contributed by atoms with E-state index >= 15 is 0 Å². The number of hydrogen-bond donors (Lipinski definition) is 0. The Hall–Kier alpha value is -3.35. The number of methoxy groups -OCH3 is 1. The standard InChI is InChI=1S/C21H23N3O4/c1-14-6-5-7-16(12-14)20-22-19(28-23-20)13-24(3)21(25)15(2)27-18-10-8-17(26-4)9-11-18/h5-12,15H,13H2,1-4H3/t15-/m0/s1. The molecule has 0 aliphatic carbocycles. The van der Waals surface area contributed by atoms with E-state index in [9.17, 15) is 4.79 Å². The van der Waals surface area contributed by atoms with Gasteiger partial charge in [-0.1, -0.05) is 28.9 Å². The number of ether oxygens (including phenoxy) is 2. The van der Waals surface area contributed by atoms with Crippen LogP contribution in [0.1, 0.15) is 18.4 Å². The maximum absolute atomic E-state index is 12.6. The highest BCUT2D eigenvalue weighted by Crippen LogP contribution is 2.20. The fraction of sp³-hybridized carbons (Fsp3) is 0.286. The quantitative estimate of drug-likeness (QED) is 0.624. The SMILES string of the molecule is COc1ccc(O[C@@H](C)C(=O)N(C)Cc2nc(-c3cccc(C)c3)no2)cc1. The van der Waals surface area contributed by atoms with Gasteiger partial charge in [0, 0.05) is 12.6 Å². The van der Waals surface area contributed by atoms with E-state index in [4.69, 9.17) is 14.0 Å². The molecule has 2 aromatic carbocycles. The molecule has 7 nitrogen and oxygen atoms in total. The van der Waals surface area contributed by atoms with Gasteiger partial charge in [-0.3, -0.25) is 4.79 Å². The average molecular weight is 381 g/mol. The van der Waals surface area contributed by atoms with Crippen molar-refractivity contribution in [3.8, 4) is 22.9 Å². The van der Waals surface area contributed by atoms with Crippen LogP contribution in [-0.2, 0) is 11.3 Å². The molecule has 0 bridgehead atoms. The van der Waals surface area contributed by atoms with Crippen molar-refractivity contribution >= 4 is 5.91 Å². The Morgan fingerprint density at radius 2 is 1.89 bits per heavy atom. The Balaban J connectivity index is 1.60. The van der Waals surface area contributed by atoms with E-state index in [1.165, 1.54) is 4.90 Å². The summed E-state index contributed by atoms with van der Waals surface area (Å²) in [5.74, 6) is 2.00. The topological polar surface area (TPSA) is 77.7 Å². The highest BCUT2D eigenvalue weighted by Gasteiger charge is 2.21. The summed E-state index contributed by atoms with van der Waals surface area (Å²) in [6, 6.07) is 14.9. The lowest BCUT2D eigenvalue weighted by Crippen LogP contribution is -2.37. The molecule has 0 unspecified atom stereocenters. The van der Waals surface area contributed by atoms with Crippen LogP contribution in [0.3, 0.4) is 0 Å². The molecule has 3 aromatic rings. The summed E-state index contributed by atoms with van der Waals surface area (Å²) in [7, 11) is 3.27. The Kier molecular flexibility index (Phi) is 5.93. The van der Waals surface area contributed by atoms with Gasteiger partial charge < -0.3 is 18.9 Å². The smallest absolute Gasteiger partial charge is 0.263 e. The molecule has 28 heavy (non-hydrogen) atoms. The summed E-state index contributed by atoms with van der Waals surface area (Å²) in [6.07, 6.45) is -0.655. The van der Waals surface area contributed by atoms with Gasteiger partial charge in [0.05, 0.1) is 13.7 Å². The van der Waals surface area contributed by atoms with Gasteiger partial charge in [-0.25, -0.2) is 0 Å². The molecule has 0 aliphatic rings. The zero-order valence-electron chi connectivity index (χ0n) is 16.4. The molecule has 0 N–H and O–H groups in total. The van der Waals surface area contributed by atoms with Crippen LogP contribution in [0.5, 0.6) is 11.5 Å². The van der Waals surface area contributed by atoms with E-state index in [1.807, 2.05) is 31.2 Å². The van der Waals surface area contributed by atoms with Gasteiger partial charge in [-0.2, -0.15) is 4.98 Å². The second kappa shape index (κ2) is 8.56. The minimum atomic E-state index is -0.655. The van der Waals surface area contributed by atoms with Crippen molar-refractivity contribution in [2.45, 2.75) is 26.5 Å². The van der Waals surface area contributed by atoms with Crippen molar-refractivity contribution in [1.29, 1.82) is 0 Å². The van der Waals surface area contributed by atoms with Gasteiger partial charge in [-0.15, -0.1) is 0 Å². The van der Waals surface area contributed by atoms with E-state index in [0.717, 1.165) is 16.9 Å². The molecular weight excluding hydrogens is 358 g/mol. The fourth-order valence-corrected chi connectivity index (χ4v) is 2.72. The number of amides is 1. The van der Waals surface area contributed by atoms with Crippen LogP contribution in [0.4, 0.5) is 0 Å². The molecule has 0 radical (unpaired) electrons. The summed E-state index contributed by atoms with van der Waals surface area (Å²) in [5, 5.41) is 4.00. The Morgan fingerprint density at radius 1 is 1.18 bits per heavy atom. The molecule has 7 heteroatoms. The highest BCUT2D eigenvalue weighted by molar-refractivity contribution is 5.80. The zero-order chi connectivity index (χ0) is 20.1. The minimum Gasteiger partial charge on any atom is -0.497 e. The van der Waals surface area contributed by atoms with E-state index < -0.39 is 6.10 Å². The van der Waals surface area contributed by atoms with Crippen LogP contribution in [0.25, 0.3) is 11.4 Å². The summed E-state index contributed by atoms with van der Waals surface area (Å²) in [6.45, 7) is 3.91. The molecule has 1 atom stereocenters. The number of carbonyl (C=O) groups excluding carboxylic acids is 1. The van der Waals surface area contributed by atoms with Gasteiger partial charge in [-0.05, 0) is 44.2 Å². The van der Waals surface area contributed by atoms with Crippen molar-refractivity contribution in [2.75, 3.05) is 14.2 Å². The molecule has 0 fully saturated rings. The monoisotopic (exact) mass is 381 g/mol. The first-order chi connectivity index (χ1) is 13.5. The van der Waals surface area contributed by atoms with Crippen LogP contribution in [0, 0.1) is 6.92 Å². The van der Waals surface area contributed by atoms with E-state index in [2.05, 4.69) is 10.1 Å². The molecule has 1 aromatic heterocycles. The minimum absolute atomic E-state index is 0.189. The lowest BCUT2D eigenvalue weighted by molar-refractivity contribution is -0.137.